The maximum absolute atomic E-state index is 4.73. The van der Waals surface area contributed by atoms with Gasteiger partial charge in [0.25, 0.3) is 0 Å². The van der Waals surface area contributed by atoms with E-state index in [0.717, 1.165) is 31.2 Å². The number of guanidine groups is 1. The molecule has 1 aliphatic heterocycles. The Bertz CT molecular complexity index is 294. The summed E-state index contributed by atoms with van der Waals surface area (Å²) in [6.45, 7) is 2.54. The van der Waals surface area contributed by atoms with E-state index < -0.39 is 0 Å². The van der Waals surface area contributed by atoms with Crippen molar-refractivity contribution in [2.24, 2.45) is 4.99 Å². The summed E-state index contributed by atoms with van der Waals surface area (Å²) >= 11 is 0. The van der Waals surface area contributed by atoms with E-state index in [4.69, 9.17) is 4.52 Å². The standard InChI is InChI=1S/C9H14N4O/c1-2-5-11-9(10-4-1)12-7-8-3-6-14-13-8/h3,6H,1-2,4-5,7H2,(H2,10,11,12). The molecular formula is C9H14N4O. The lowest BCUT2D eigenvalue weighted by Gasteiger charge is -2.07. The van der Waals surface area contributed by atoms with Crippen LogP contribution in [0.2, 0.25) is 0 Å². The van der Waals surface area contributed by atoms with Gasteiger partial charge in [-0.2, -0.15) is 0 Å². The Morgan fingerprint density at radius 3 is 3.36 bits per heavy atom. The number of aliphatic imine (C=N–C) groups is 1. The molecule has 76 valence electrons. The molecule has 1 aromatic heterocycles. The molecule has 0 saturated heterocycles. The third-order valence-electron chi connectivity index (χ3n) is 2.08. The zero-order chi connectivity index (χ0) is 9.64. The fraction of sp³-hybridized carbons (Fsp3) is 0.556. The van der Waals surface area contributed by atoms with Gasteiger partial charge in [0.2, 0.25) is 0 Å². The molecule has 2 N–H and O–H groups in total. The molecule has 1 aliphatic rings. The molecular weight excluding hydrogens is 180 g/mol. The van der Waals surface area contributed by atoms with Crippen molar-refractivity contribution >= 4 is 5.96 Å². The van der Waals surface area contributed by atoms with Gasteiger partial charge in [0, 0.05) is 19.2 Å². The second-order valence-corrected chi connectivity index (χ2v) is 3.21. The summed E-state index contributed by atoms with van der Waals surface area (Å²) in [6.07, 6.45) is 3.90. The summed E-state index contributed by atoms with van der Waals surface area (Å²) in [7, 11) is 0. The van der Waals surface area contributed by atoms with Gasteiger partial charge in [-0.05, 0) is 12.8 Å². The van der Waals surface area contributed by atoms with Gasteiger partial charge in [-0.1, -0.05) is 5.16 Å². The van der Waals surface area contributed by atoms with Crippen LogP contribution >= 0.6 is 0 Å². The van der Waals surface area contributed by atoms with Gasteiger partial charge < -0.3 is 15.2 Å². The molecule has 0 saturated carbocycles. The molecule has 0 aromatic carbocycles. The highest BCUT2D eigenvalue weighted by molar-refractivity contribution is 5.79. The Morgan fingerprint density at radius 1 is 1.50 bits per heavy atom. The van der Waals surface area contributed by atoms with Gasteiger partial charge in [-0.25, -0.2) is 0 Å². The maximum atomic E-state index is 4.73. The smallest absolute Gasteiger partial charge is 0.191 e. The van der Waals surface area contributed by atoms with Crippen molar-refractivity contribution in [2.75, 3.05) is 13.1 Å². The van der Waals surface area contributed by atoms with Crippen LogP contribution < -0.4 is 10.6 Å². The van der Waals surface area contributed by atoms with Crippen molar-refractivity contribution in [3.8, 4) is 0 Å². The molecule has 0 bridgehead atoms. The van der Waals surface area contributed by atoms with Crippen LogP contribution in [0.3, 0.4) is 0 Å². The van der Waals surface area contributed by atoms with Crippen LogP contribution in [0.25, 0.3) is 0 Å². The Kier molecular flexibility index (Phi) is 3.00. The molecule has 0 aliphatic carbocycles. The topological polar surface area (TPSA) is 62.5 Å². The number of hydrogen-bond donors (Lipinski definition) is 2. The summed E-state index contributed by atoms with van der Waals surface area (Å²) < 4.78 is 4.73. The highest BCUT2D eigenvalue weighted by Gasteiger charge is 2.03. The molecule has 0 spiro atoms. The monoisotopic (exact) mass is 194 g/mol. The van der Waals surface area contributed by atoms with E-state index in [1.165, 1.54) is 6.42 Å². The van der Waals surface area contributed by atoms with Crippen LogP contribution in [0.15, 0.2) is 21.8 Å². The van der Waals surface area contributed by atoms with E-state index in [9.17, 15) is 0 Å². The van der Waals surface area contributed by atoms with Gasteiger partial charge in [-0.15, -0.1) is 0 Å². The third kappa shape index (κ3) is 2.48. The third-order valence-corrected chi connectivity index (χ3v) is 2.08. The molecule has 2 heterocycles. The second kappa shape index (κ2) is 4.64. The molecule has 5 nitrogen and oxygen atoms in total. The summed E-state index contributed by atoms with van der Waals surface area (Å²) in [6, 6.07) is 1.84. The fourth-order valence-electron chi connectivity index (χ4n) is 1.31. The number of nitrogens with one attached hydrogen (secondary N) is 2. The van der Waals surface area contributed by atoms with Crippen molar-refractivity contribution in [1.29, 1.82) is 0 Å². The highest BCUT2D eigenvalue weighted by atomic mass is 16.5. The normalized spacial score (nSPS) is 16.7. The van der Waals surface area contributed by atoms with E-state index >= 15 is 0 Å². The van der Waals surface area contributed by atoms with E-state index in [1.807, 2.05) is 6.07 Å². The molecule has 1 aromatic rings. The largest absolute Gasteiger partial charge is 0.364 e. The summed E-state index contributed by atoms with van der Waals surface area (Å²) in [4.78, 5) is 4.36. The minimum absolute atomic E-state index is 0.655. The van der Waals surface area contributed by atoms with Crippen molar-refractivity contribution < 1.29 is 4.52 Å². The van der Waals surface area contributed by atoms with Crippen LogP contribution in [0, 0.1) is 0 Å². The highest BCUT2D eigenvalue weighted by Crippen LogP contribution is 1.95. The van der Waals surface area contributed by atoms with Crippen LogP contribution in [-0.2, 0) is 6.54 Å². The van der Waals surface area contributed by atoms with Crippen molar-refractivity contribution in [3.63, 3.8) is 0 Å². The first kappa shape index (κ1) is 9.05. The first-order chi connectivity index (χ1) is 6.95. The first-order valence-corrected chi connectivity index (χ1v) is 4.86. The molecule has 0 amide bonds. The molecule has 5 heteroatoms. The molecule has 0 radical (unpaired) electrons. The molecule has 0 fully saturated rings. The van der Waals surface area contributed by atoms with Crippen molar-refractivity contribution in [2.45, 2.75) is 19.4 Å². The molecule has 2 rings (SSSR count). The first-order valence-electron chi connectivity index (χ1n) is 4.86. The van der Waals surface area contributed by atoms with E-state index in [0.29, 0.717) is 6.54 Å². The van der Waals surface area contributed by atoms with Gasteiger partial charge in [0.15, 0.2) is 5.96 Å². The minimum atomic E-state index is 0.655. The number of nitrogens with zero attached hydrogens (tertiary/aromatic N) is 2. The molecule has 14 heavy (non-hydrogen) atoms. The summed E-state index contributed by atoms with van der Waals surface area (Å²) in [5, 5.41) is 10.2. The zero-order valence-electron chi connectivity index (χ0n) is 7.99. The maximum Gasteiger partial charge on any atom is 0.191 e. The summed E-state index contributed by atoms with van der Waals surface area (Å²) in [5.74, 6) is 0.866. The van der Waals surface area contributed by atoms with Crippen molar-refractivity contribution in [1.82, 2.24) is 15.8 Å². The van der Waals surface area contributed by atoms with Gasteiger partial charge in [0.05, 0.1) is 6.54 Å². The van der Waals surface area contributed by atoms with E-state index in [1.54, 1.807) is 6.26 Å². The molecule has 0 atom stereocenters. The van der Waals surface area contributed by atoms with Crippen LogP contribution in [0.1, 0.15) is 18.5 Å². The second-order valence-electron chi connectivity index (χ2n) is 3.21. The van der Waals surface area contributed by atoms with E-state index in [2.05, 4.69) is 20.8 Å². The van der Waals surface area contributed by atoms with Gasteiger partial charge in [-0.3, -0.25) is 4.99 Å². The lowest BCUT2D eigenvalue weighted by molar-refractivity contribution is 0.410. The van der Waals surface area contributed by atoms with Crippen LogP contribution in [0.5, 0.6) is 0 Å². The average molecular weight is 194 g/mol. The Labute approximate surface area is 82.6 Å². The number of hydrogen-bond acceptors (Lipinski definition) is 5. The average Bonchev–Trinajstić information content (AvgIpc) is 2.58. The van der Waals surface area contributed by atoms with Gasteiger partial charge in [0.1, 0.15) is 12.0 Å². The number of aromatic nitrogens is 1. The predicted molar refractivity (Wildman–Crippen MR) is 52.9 cm³/mol. The Morgan fingerprint density at radius 2 is 2.50 bits per heavy atom. The zero-order valence-corrected chi connectivity index (χ0v) is 7.99. The Balaban J connectivity index is 1.82. The summed E-state index contributed by atoms with van der Waals surface area (Å²) in [5.41, 5.74) is 0.888. The predicted octanol–water partition coefficient (Wildman–Crippen LogP) is 0.504. The van der Waals surface area contributed by atoms with Crippen LogP contribution in [0.4, 0.5) is 0 Å². The molecule has 0 unspecified atom stereocenters. The lowest BCUT2D eigenvalue weighted by atomic mass is 10.3. The quantitative estimate of drug-likeness (QED) is 0.719. The van der Waals surface area contributed by atoms with Gasteiger partial charge >= 0.3 is 0 Å². The lowest BCUT2D eigenvalue weighted by Crippen LogP contribution is -2.36. The fourth-order valence-corrected chi connectivity index (χ4v) is 1.31. The van der Waals surface area contributed by atoms with Crippen molar-refractivity contribution in [3.05, 3.63) is 18.0 Å². The SMILES string of the molecule is c1cc(CNC2=NCCCCN2)no1. The number of rotatable bonds is 2. The van der Waals surface area contributed by atoms with E-state index in [-0.39, 0.29) is 0 Å². The minimum Gasteiger partial charge on any atom is -0.364 e. The Hall–Kier alpha value is -1.52. The van der Waals surface area contributed by atoms with Crippen LogP contribution in [-0.4, -0.2) is 24.2 Å².